The second-order valence-electron chi connectivity index (χ2n) is 3.45. The summed E-state index contributed by atoms with van der Waals surface area (Å²) in [5.74, 6) is -1.01. The predicted octanol–water partition coefficient (Wildman–Crippen LogP) is 3.27. The maximum Gasteiger partial charge on any atom is 0.352 e. The number of benzene rings is 1. The summed E-state index contributed by atoms with van der Waals surface area (Å²) in [4.78, 5) is 13.6. The monoisotopic (exact) mass is 235 g/mol. The van der Waals surface area contributed by atoms with Crippen molar-refractivity contribution in [2.45, 2.75) is 0 Å². The normalized spacial score (nSPS) is 11.3. The van der Waals surface area contributed by atoms with Crippen LogP contribution in [0.3, 0.4) is 0 Å². The van der Waals surface area contributed by atoms with Crippen molar-refractivity contribution in [3.8, 4) is 0 Å². The van der Waals surface area contributed by atoms with Gasteiger partial charge < -0.3 is 14.5 Å². The molecule has 0 saturated carbocycles. The number of rotatable bonds is 1. The first-order valence-electron chi connectivity index (χ1n) is 4.60. The average Bonchev–Trinajstić information content (AvgIpc) is 2.76. The first-order chi connectivity index (χ1) is 7.66. The van der Waals surface area contributed by atoms with Gasteiger partial charge in [-0.3, -0.25) is 0 Å². The summed E-state index contributed by atoms with van der Waals surface area (Å²) in [5, 5.41) is 10.1. The van der Waals surface area contributed by atoms with Crippen LogP contribution in [-0.2, 0) is 0 Å². The fourth-order valence-corrected chi connectivity index (χ4v) is 1.96. The minimum atomic E-state index is -1.01. The largest absolute Gasteiger partial charge is 0.477 e. The molecule has 0 fully saturated rings. The Kier molecular flexibility index (Phi) is 1.76. The molecule has 2 aromatic heterocycles. The standard InChI is InChI=1S/C11H6ClNO3/c12-6-3-1-2-5-9-8(16-10(5)6)4-7(13-9)11(14)15/h1-4,13H,(H,14,15). The van der Waals surface area contributed by atoms with Gasteiger partial charge in [0.25, 0.3) is 0 Å². The lowest BCUT2D eigenvalue weighted by molar-refractivity contribution is 0.0691. The predicted molar refractivity (Wildman–Crippen MR) is 60.0 cm³/mol. The van der Waals surface area contributed by atoms with Crippen LogP contribution in [-0.4, -0.2) is 16.1 Å². The Hall–Kier alpha value is -1.94. The van der Waals surface area contributed by atoms with Crippen LogP contribution in [0.25, 0.3) is 22.1 Å². The van der Waals surface area contributed by atoms with Crippen LogP contribution in [0.4, 0.5) is 0 Å². The number of carbonyl (C=O) groups is 1. The van der Waals surface area contributed by atoms with Crippen molar-refractivity contribution in [3.05, 3.63) is 35.0 Å². The van der Waals surface area contributed by atoms with Crippen LogP contribution >= 0.6 is 11.6 Å². The summed E-state index contributed by atoms with van der Waals surface area (Å²) in [6, 6.07) is 6.80. The van der Waals surface area contributed by atoms with E-state index in [0.717, 1.165) is 5.39 Å². The van der Waals surface area contributed by atoms with Crippen molar-refractivity contribution in [1.29, 1.82) is 0 Å². The van der Waals surface area contributed by atoms with E-state index in [1.807, 2.05) is 6.07 Å². The number of furan rings is 1. The number of hydrogen-bond donors (Lipinski definition) is 2. The zero-order valence-electron chi connectivity index (χ0n) is 7.95. The van der Waals surface area contributed by atoms with Gasteiger partial charge in [0.1, 0.15) is 5.69 Å². The van der Waals surface area contributed by atoms with E-state index in [1.165, 1.54) is 6.07 Å². The number of para-hydroxylation sites is 1. The van der Waals surface area contributed by atoms with Crippen LogP contribution in [0, 0.1) is 0 Å². The number of aromatic carboxylic acids is 1. The van der Waals surface area contributed by atoms with Crippen LogP contribution in [0.15, 0.2) is 28.7 Å². The van der Waals surface area contributed by atoms with Crippen molar-refractivity contribution in [1.82, 2.24) is 4.98 Å². The summed E-state index contributed by atoms with van der Waals surface area (Å²) in [6.45, 7) is 0. The number of halogens is 1. The molecule has 80 valence electrons. The van der Waals surface area contributed by atoms with E-state index in [0.29, 0.717) is 21.7 Å². The second kappa shape index (κ2) is 3.02. The summed E-state index contributed by atoms with van der Waals surface area (Å²) in [7, 11) is 0. The highest BCUT2D eigenvalue weighted by molar-refractivity contribution is 6.35. The van der Waals surface area contributed by atoms with Crippen molar-refractivity contribution in [2.75, 3.05) is 0 Å². The number of H-pyrrole nitrogens is 1. The number of aromatic amines is 1. The van der Waals surface area contributed by atoms with Gasteiger partial charge in [-0.1, -0.05) is 17.7 Å². The van der Waals surface area contributed by atoms with Crippen LogP contribution in [0.5, 0.6) is 0 Å². The number of aromatic nitrogens is 1. The number of carboxylic acid groups (broad SMARTS) is 1. The molecule has 2 N–H and O–H groups in total. The Morgan fingerprint density at radius 2 is 2.25 bits per heavy atom. The van der Waals surface area contributed by atoms with E-state index in [1.54, 1.807) is 12.1 Å². The summed E-state index contributed by atoms with van der Waals surface area (Å²) in [6.07, 6.45) is 0. The van der Waals surface area contributed by atoms with Crippen LogP contribution < -0.4 is 0 Å². The molecule has 1 aromatic carbocycles. The fraction of sp³-hybridized carbons (Fsp3) is 0. The van der Waals surface area contributed by atoms with Gasteiger partial charge in [-0.25, -0.2) is 4.79 Å². The summed E-state index contributed by atoms with van der Waals surface area (Å²) >= 11 is 5.96. The van der Waals surface area contributed by atoms with E-state index < -0.39 is 5.97 Å². The van der Waals surface area contributed by atoms with Gasteiger partial charge in [0.05, 0.1) is 10.5 Å². The lowest BCUT2D eigenvalue weighted by Gasteiger charge is -1.91. The molecule has 4 nitrogen and oxygen atoms in total. The summed E-state index contributed by atoms with van der Waals surface area (Å²) in [5.41, 5.74) is 1.84. The molecule has 0 unspecified atom stereocenters. The highest BCUT2D eigenvalue weighted by Gasteiger charge is 2.15. The lowest BCUT2D eigenvalue weighted by Crippen LogP contribution is -1.94. The number of carboxylic acids is 1. The molecule has 3 rings (SSSR count). The quantitative estimate of drug-likeness (QED) is 0.680. The van der Waals surface area contributed by atoms with Gasteiger partial charge in [-0.05, 0) is 12.1 Å². The van der Waals surface area contributed by atoms with E-state index in [4.69, 9.17) is 21.1 Å². The number of hydrogen-bond acceptors (Lipinski definition) is 2. The average molecular weight is 236 g/mol. The van der Waals surface area contributed by atoms with E-state index in [9.17, 15) is 4.79 Å². The molecule has 0 atom stereocenters. The van der Waals surface area contributed by atoms with Gasteiger partial charge in [0.15, 0.2) is 11.2 Å². The molecule has 0 aliphatic carbocycles. The molecular formula is C11H6ClNO3. The minimum Gasteiger partial charge on any atom is -0.477 e. The molecule has 0 bridgehead atoms. The molecule has 2 heterocycles. The maximum atomic E-state index is 10.8. The highest BCUT2D eigenvalue weighted by Crippen LogP contribution is 2.32. The molecule has 0 saturated heterocycles. The molecular weight excluding hydrogens is 230 g/mol. The van der Waals surface area contributed by atoms with Gasteiger partial charge >= 0.3 is 5.97 Å². The minimum absolute atomic E-state index is 0.107. The molecule has 5 heteroatoms. The zero-order chi connectivity index (χ0) is 11.3. The van der Waals surface area contributed by atoms with Gasteiger partial charge in [0, 0.05) is 11.5 Å². The Labute approximate surface area is 94.4 Å². The zero-order valence-corrected chi connectivity index (χ0v) is 8.71. The van der Waals surface area contributed by atoms with Gasteiger partial charge in [-0.2, -0.15) is 0 Å². The summed E-state index contributed by atoms with van der Waals surface area (Å²) < 4.78 is 5.49. The third-order valence-electron chi connectivity index (χ3n) is 2.46. The SMILES string of the molecule is O=C(O)c1cc2oc3c(Cl)cccc3c2[nH]1. The van der Waals surface area contributed by atoms with Crippen LogP contribution in [0.2, 0.25) is 5.02 Å². The van der Waals surface area contributed by atoms with E-state index in [-0.39, 0.29) is 5.69 Å². The molecule has 3 aromatic rings. The van der Waals surface area contributed by atoms with Gasteiger partial charge in [-0.15, -0.1) is 0 Å². The Bertz CT molecular complexity index is 710. The number of fused-ring (bicyclic) bond motifs is 3. The maximum absolute atomic E-state index is 10.8. The van der Waals surface area contributed by atoms with Crippen molar-refractivity contribution >= 4 is 39.6 Å². The molecule has 0 amide bonds. The van der Waals surface area contributed by atoms with Crippen molar-refractivity contribution in [2.24, 2.45) is 0 Å². The Morgan fingerprint density at radius 3 is 3.00 bits per heavy atom. The van der Waals surface area contributed by atoms with Crippen LogP contribution in [0.1, 0.15) is 10.5 Å². The fourth-order valence-electron chi connectivity index (χ4n) is 1.75. The van der Waals surface area contributed by atoms with E-state index in [2.05, 4.69) is 4.98 Å². The smallest absolute Gasteiger partial charge is 0.352 e. The molecule has 0 radical (unpaired) electrons. The Balaban J connectivity index is 2.43. The number of nitrogens with one attached hydrogen (secondary N) is 1. The highest BCUT2D eigenvalue weighted by atomic mass is 35.5. The van der Waals surface area contributed by atoms with E-state index >= 15 is 0 Å². The third kappa shape index (κ3) is 1.13. The molecule has 0 spiro atoms. The second-order valence-corrected chi connectivity index (χ2v) is 3.85. The first-order valence-corrected chi connectivity index (χ1v) is 4.97. The lowest BCUT2D eigenvalue weighted by atomic mass is 10.2. The Morgan fingerprint density at radius 1 is 1.44 bits per heavy atom. The van der Waals surface area contributed by atoms with Gasteiger partial charge in [0.2, 0.25) is 0 Å². The topological polar surface area (TPSA) is 66.2 Å². The third-order valence-corrected chi connectivity index (χ3v) is 2.76. The molecule has 16 heavy (non-hydrogen) atoms. The molecule has 0 aliphatic heterocycles. The van der Waals surface area contributed by atoms with Crippen molar-refractivity contribution < 1.29 is 14.3 Å². The van der Waals surface area contributed by atoms with Crippen molar-refractivity contribution in [3.63, 3.8) is 0 Å². The molecule has 0 aliphatic rings. The first kappa shape index (κ1) is 9.30.